The molecule has 0 saturated heterocycles. The fourth-order valence-corrected chi connectivity index (χ4v) is 7.69. The second kappa shape index (κ2) is 11.9. The molecular weight excluding hydrogens is 635 g/mol. The average molecular weight is 664 g/mol. The van der Waals surface area contributed by atoms with Gasteiger partial charge in [-0.25, -0.2) is 9.97 Å². The molecule has 10 aromatic rings. The highest BCUT2D eigenvalue weighted by Crippen LogP contribution is 2.43. The van der Waals surface area contributed by atoms with Gasteiger partial charge in [-0.3, -0.25) is 0 Å². The van der Waals surface area contributed by atoms with Gasteiger partial charge in [0.25, 0.3) is 0 Å². The minimum absolute atomic E-state index is 0.457. The van der Waals surface area contributed by atoms with E-state index in [-0.39, 0.29) is 0 Å². The predicted molar refractivity (Wildman–Crippen MR) is 212 cm³/mol. The number of benzene rings is 7. The zero-order chi connectivity index (χ0) is 34.6. The first kappa shape index (κ1) is 29.6. The third-order valence-corrected chi connectivity index (χ3v) is 9.96. The van der Waals surface area contributed by atoms with Gasteiger partial charge in [0.15, 0.2) is 5.82 Å². The minimum Gasteiger partial charge on any atom is -0.307 e. The lowest BCUT2D eigenvalue weighted by molar-refractivity contribution is 1.15. The molecule has 7 aromatic carbocycles. The van der Waals surface area contributed by atoms with Crippen LogP contribution in [0.1, 0.15) is 5.56 Å². The van der Waals surface area contributed by atoms with E-state index < -0.39 is 0 Å². The second-order valence-electron chi connectivity index (χ2n) is 12.9. The molecule has 0 amide bonds. The quantitative estimate of drug-likeness (QED) is 0.184. The van der Waals surface area contributed by atoms with Crippen LogP contribution in [0.25, 0.3) is 88.9 Å². The highest BCUT2D eigenvalue weighted by Gasteiger charge is 2.23. The zero-order valence-corrected chi connectivity index (χ0v) is 28.0. The first-order valence-corrected chi connectivity index (χ1v) is 17.3. The van der Waals surface area contributed by atoms with E-state index in [1.807, 2.05) is 60.7 Å². The van der Waals surface area contributed by atoms with Crippen LogP contribution in [0.5, 0.6) is 0 Å². The molecule has 0 saturated carbocycles. The van der Waals surface area contributed by atoms with Gasteiger partial charge in [-0.2, -0.15) is 5.26 Å². The van der Waals surface area contributed by atoms with Gasteiger partial charge in [0.1, 0.15) is 11.6 Å². The molecule has 0 aliphatic heterocycles. The monoisotopic (exact) mass is 663 g/mol. The Balaban J connectivity index is 1.31. The molecule has 0 radical (unpaired) electrons. The van der Waals surface area contributed by atoms with E-state index in [1.165, 1.54) is 10.8 Å². The molecule has 5 heteroatoms. The zero-order valence-electron chi connectivity index (χ0n) is 28.0. The van der Waals surface area contributed by atoms with E-state index in [2.05, 4.69) is 130 Å². The predicted octanol–water partition coefficient (Wildman–Crippen LogP) is 11.5. The Morgan fingerprint density at radius 1 is 0.404 bits per heavy atom. The summed E-state index contributed by atoms with van der Waals surface area (Å²) >= 11 is 0. The van der Waals surface area contributed by atoms with Crippen LogP contribution in [0, 0.1) is 11.3 Å². The molecule has 0 spiro atoms. The lowest BCUT2D eigenvalue weighted by Crippen LogP contribution is -2.01. The van der Waals surface area contributed by atoms with Gasteiger partial charge in [-0.1, -0.05) is 127 Å². The summed E-state index contributed by atoms with van der Waals surface area (Å²) in [6, 6.07) is 63.1. The van der Waals surface area contributed by atoms with Gasteiger partial charge in [-0.15, -0.1) is 0 Å². The Bertz CT molecular complexity index is 2930. The number of aromatic nitrogens is 4. The van der Waals surface area contributed by atoms with Crippen LogP contribution >= 0.6 is 0 Å². The lowest BCUT2D eigenvalue weighted by atomic mass is 10.00. The molecule has 3 heterocycles. The fraction of sp³-hybridized carbons (Fsp3) is 0. The van der Waals surface area contributed by atoms with Crippen LogP contribution in [-0.4, -0.2) is 19.1 Å². The van der Waals surface area contributed by atoms with Crippen molar-refractivity contribution in [2.45, 2.75) is 0 Å². The number of rotatable bonds is 5. The normalized spacial score (nSPS) is 11.4. The van der Waals surface area contributed by atoms with Crippen LogP contribution in [0.3, 0.4) is 0 Å². The summed E-state index contributed by atoms with van der Waals surface area (Å²) in [5.74, 6) is 0.568. The first-order valence-electron chi connectivity index (χ1n) is 17.3. The topological polar surface area (TPSA) is 59.4 Å². The van der Waals surface area contributed by atoms with Crippen molar-refractivity contribution in [3.63, 3.8) is 0 Å². The average Bonchev–Trinajstić information content (AvgIpc) is 3.74. The Morgan fingerprint density at radius 2 is 0.865 bits per heavy atom. The third kappa shape index (κ3) is 4.56. The van der Waals surface area contributed by atoms with Crippen molar-refractivity contribution < 1.29 is 0 Å². The summed E-state index contributed by atoms with van der Waals surface area (Å²) in [6.07, 6.45) is 0. The smallest absolute Gasteiger partial charge is 0.160 e. The highest BCUT2D eigenvalue weighted by molar-refractivity contribution is 6.24. The molecule has 5 nitrogen and oxygen atoms in total. The van der Waals surface area contributed by atoms with Crippen molar-refractivity contribution in [1.29, 1.82) is 5.26 Å². The number of hydrogen-bond donors (Lipinski definition) is 0. The van der Waals surface area contributed by atoms with Crippen molar-refractivity contribution in [3.8, 4) is 51.3 Å². The number of fused-ring (bicyclic) bond motifs is 7. The van der Waals surface area contributed by atoms with Crippen LogP contribution in [0.15, 0.2) is 176 Å². The number of nitrogens with zero attached hydrogens (tertiary/aromatic N) is 5. The molecule has 0 unspecified atom stereocenters. The maximum atomic E-state index is 10.5. The molecule has 52 heavy (non-hydrogen) atoms. The fourth-order valence-electron chi connectivity index (χ4n) is 7.69. The second-order valence-corrected chi connectivity index (χ2v) is 12.9. The Morgan fingerprint density at radius 3 is 1.40 bits per heavy atom. The van der Waals surface area contributed by atoms with Gasteiger partial charge in [0, 0.05) is 49.6 Å². The summed E-state index contributed by atoms with van der Waals surface area (Å²) < 4.78 is 4.79. The van der Waals surface area contributed by atoms with Crippen LogP contribution in [-0.2, 0) is 0 Å². The molecule has 0 fully saturated rings. The van der Waals surface area contributed by atoms with E-state index in [4.69, 9.17) is 9.97 Å². The molecule has 242 valence electrons. The van der Waals surface area contributed by atoms with Crippen LogP contribution < -0.4 is 0 Å². The van der Waals surface area contributed by atoms with Crippen LogP contribution in [0.4, 0.5) is 0 Å². The molecule has 0 aliphatic rings. The maximum Gasteiger partial charge on any atom is 0.160 e. The molecular formula is C47H29N5. The van der Waals surface area contributed by atoms with E-state index in [0.29, 0.717) is 22.8 Å². The largest absolute Gasteiger partial charge is 0.307 e. The van der Waals surface area contributed by atoms with Crippen molar-refractivity contribution in [3.05, 3.63) is 181 Å². The van der Waals surface area contributed by atoms with E-state index in [0.717, 1.165) is 60.9 Å². The summed E-state index contributed by atoms with van der Waals surface area (Å²) in [6.45, 7) is 0. The standard InChI is InChI=1S/C47H29N5/c48-30-40-43(31-15-5-1-6-16-31)49-47(50-44(40)32-17-7-2-8-18-32)33-25-28-42-39(29-33)38-27-26-37-36-23-13-14-24-41(36)51(34-19-9-3-10-20-34)45(37)46(38)52(42)35-21-11-4-12-22-35/h1-29H. The summed E-state index contributed by atoms with van der Waals surface area (Å²) in [5, 5.41) is 15.1. The van der Waals surface area contributed by atoms with Gasteiger partial charge in [-0.05, 0) is 48.5 Å². The van der Waals surface area contributed by atoms with Crippen molar-refractivity contribution in [2.75, 3.05) is 0 Å². The molecule has 0 atom stereocenters. The van der Waals surface area contributed by atoms with Crippen molar-refractivity contribution >= 4 is 43.6 Å². The summed E-state index contributed by atoms with van der Waals surface area (Å²) in [5.41, 5.74) is 11.0. The SMILES string of the molecule is N#Cc1c(-c2ccccc2)nc(-c2ccc3c(c2)c2ccc4c5ccccc5n(-c5ccccc5)c4c2n3-c2ccccc2)nc1-c1ccccc1. The molecule has 0 aliphatic carbocycles. The van der Waals surface area contributed by atoms with Crippen molar-refractivity contribution in [1.82, 2.24) is 19.1 Å². The van der Waals surface area contributed by atoms with Gasteiger partial charge >= 0.3 is 0 Å². The van der Waals surface area contributed by atoms with Crippen LogP contribution in [0.2, 0.25) is 0 Å². The van der Waals surface area contributed by atoms with Gasteiger partial charge < -0.3 is 9.13 Å². The maximum absolute atomic E-state index is 10.5. The molecule has 0 bridgehead atoms. The number of nitriles is 1. The Hall–Kier alpha value is -7.29. The number of hydrogen-bond acceptors (Lipinski definition) is 3. The molecule has 3 aromatic heterocycles. The van der Waals surface area contributed by atoms with E-state index >= 15 is 0 Å². The van der Waals surface area contributed by atoms with Gasteiger partial charge in [0.2, 0.25) is 0 Å². The lowest BCUT2D eigenvalue weighted by Gasteiger charge is -2.13. The Labute approximate surface area is 299 Å². The molecule has 10 rings (SSSR count). The van der Waals surface area contributed by atoms with E-state index in [1.54, 1.807) is 0 Å². The molecule has 0 N–H and O–H groups in total. The third-order valence-electron chi connectivity index (χ3n) is 9.96. The Kier molecular flexibility index (Phi) is 6.80. The minimum atomic E-state index is 0.457. The van der Waals surface area contributed by atoms with Gasteiger partial charge in [0.05, 0.1) is 33.5 Å². The summed E-state index contributed by atoms with van der Waals surface area (Å²) in [7, 11) is 0. The summed E-state index contributed by atoms with van der Waals surface area (Å²) in [4.78, 5) is 10.2. The van der Waals surface area contributed by atoms with E-state index in [9.17, 15) is 5.26 Å². The highest BCUT2D eigenvalue weighted by atomic mass is 15.0. The van der Waals surface area contributed by atoms with Crippen molar-refractivity contribution in [2.24, 2.45) is 0 Å². The number of para-hydroxylation sites is 3. The first-order chi connectivity index (χ1) is 25.8.